The third-order valence-corrected chi connectivity index (χ3v) is 2.88. The van der Waals surface area contributed by atoms with Crippen molar-refractivity contribution in [2.75, 3.05) is 0 Å². The van der Waals surface area contributed by atoms with Gasteiger partial charge >= 0.3 is 0 Å². The fraction of sp³-hybridized carbons (Fsp3) is 0.600. The van der Waals surface area contributed by atoms with E-state index in [1.54, 1.807) is 4.88 Å². The molecule has 1 aromatic heterocycles. The highest BCUT2D eigenvalue weighted by molar-refractivity contribution is 7.11. The molecule has 0 amide bonds. The van der Waals surface area contributed by atoms with Gasteiger partial charge in [0.25, 0.3) is 0 Å². The molecule has 0 aromatic carbocycles. The van der Waals surface area contributed by atoms with Crippen molar-refractivity contribution in [3.8, 4) is 0 Å². The van der Waals surface area contributed by atoms with E-state index in [-0.39, 0.29) is 0 Å². The number of hydrogen-bond donors (Lipinski definition) is 0. The summed E-state index contributed by atoms with van der Waals surface area (Å²) in [6.45, 7) is 4.42. The maximum absolute atomic E-state index is 2.26. The van der Waals surface area contributed by atoms with Crippen molar-refractivity contribution in [2.24, 2.45) is 0 Å². The molecule has 1 heteroatoms. The van der Waals surface area contributed by atoms with E-state index >= 15 is 0 Å². The average molecular weight is 168 g/mol. The Balaban J connectivity index is 2.27. The Labute approximate surface area is 73.3 Å². The molecular formula is C10H16S. The number of thiophene rings is 1. The average Bonchev–Trinajstić information content (AvgIpc) is 2.37. The lowest BCUT2D eigenvalue weighted by Crippen LogP contribution is -1.78. The van der Waals surface area contributed by atoms with Crippen LogP contribution in [-0.2, 0) is 6.42 Å². The molecule has 0 aliphatic carbocycles. The van der Waals surface area contributed by atoms with Crippen LogP contribution in [0.4, 0.5) is 0 Å². The van der Waals surface area contributed by atoms with Crippen LogP contribution < -0.4 is 0 Å². The summed E-state index contributed by atoms with van der Waals surface area (Å²) in [5, 5.41) is 0. The molecule has 0 saturated carbocycles. The van der Waals surface area contributed by atoms with Crippen molar-refractivity contribution in [1.82, 2.24) is 0 Å². The fourth-order valence-corrected chi connectivity index (χ4v) is 2.10. The number of rotatable bonds is 4. The minimum absolute atomic E-state index is 1.28. The normalized spacial score (nSPS) is 10.4. The molecular weight excluding hydrogens is 152 g/mol. The first-order valence-corrected chi connectivity index (χ1v) is 5.20. The van der Waals surface area contributed by atoms with Crippen molar-refractivity contribution in [2.45, 2.75) is 39.5 Å². The Kier molecular flexibility index (Phi) is 3.64. The van der Waals surface area contributed by atoms with Gasteiger partial charge in [0.05, 0.1) is 0 Å². The first-order valence-electron chi connectivity index (χ1n) is 4.38. The van der Waals surface area contributed by atoms with Gasteiger partial charge < -0.3 is 0 Å². The third kappa shape index (κ3) is 3.06. The maximum Gasteiger partial charge on any atom is 0.00480 e. The van der Waals surface area contributed by atoms with E-state index in [1.165, 1.54) is 30.6 Å². The molecule has 0 unspecified atom stereocenters. The second-order valence-corrected chi connectivity index (χ2v) is 4.34. The van der Waals surface area contributed by atoms with Gasteiger partial charge in [0.15, 0.2) is 0 Å². The zero-order chi connectivity index (χ0) is 8.10. The zero-order valence-electron chi connectivity index (χ0n) is 7.39. The second kappa shape index (κ2) is 4.55. The molecule has 0 aliphatic heterocycles. The maximum atomic E-state index is 2.26. The zero-order valence-corrected chi connectivity index (χ0v) is 8.21. The van der Waals surface area contributed by atoms with Crippen LogP contribution in [0, 0.1) is 6.92 Å². The van der Waals surface area contributed by atoms with E-state index in [9.17, 15) is 0 Å². The highest BCUT2D eigenvalue weighted by Crippen LogP contribution is 2.17. The Morgan fingerprint density at radius 1 is 1.27 bits per heavy atom. The molecule has 0 bridgehead atoms. The molecule has 1 heterocycles. The van der Waals surface area contributed by atoms with Crippen molar-refractivity contribution < 1.29 is 0 Å². The summed E-state index contributed by atoms with van der Waals surface area (Å²) in [5.74, 6) is 0. The van der Waals surface area contributed by atoms with Gasteiger partial charge in [0, 0.05) is 9.75 Å². The van der Waals surface area contributed by atoms with E-state index in [4.69, 9.17) is 0 Å². The monoisotopic (exact) mass is 168 g/mol. The minimum Gasteiger partial charge on any atom is -0.146 e. The lowest BCUT2D eigenvalue weighted by Gasteiger charge is -1.94. The first kappa shape index (κ1) is 8.79. The molecule has 0 N–H and O–H groups in total. The molecule has 0 spiro atoms. The third-order valence-electron chi connectivity index (χ3n) is 1.82. The topological polar surface area (TPSA) is 0 Å². The number of unbranched alkanes of at least 4 members (excludes halogenated alkanes) is 2. The van der Waals surface area contributed by atoms with Gasteiger partial charge in [0.1, 0.15) is 0 Å². The Bertz CT molecular complexity index is 200. The molecule has 0 radical (unpaired) electrons. The first-order chi connectivity index (χ1) is 5.33. The van der Waals surface area contributed by atoms with Gasteiger partial charge in [-0.25, -0.2) is 0 Å². The van der Waals surface area contributed by atoms with E-state index in [0.29, 0.717) is 0 Å². The summed E-state index contributed by atoms with van der Waals surface area (Å²) in [5.41, 5.74) is 0. The van der Waals surface area contributed by atoms with E-state index < -0.39 is 0 Å². The number of hydrogen-bond acceptors (Lipinski definition) is 1. The molecule has 1 rings (SSSR count). The highest BCUT2D eigenvalue weighted by Gasteiger charge is 1.94. The lowest BCUT2D eigenvalue weighted by molar-refractivity contribution is 0.722. The van der Waals surface area contributed by atoms with Gasteiger partial charge in [-0.3, -0.25) is 0 Å². The molecule has 0 nitrogen and oxygen atoms in total. The van der Waals surface area contributed by atoms with E-state index in [1.807, 2.05) is 11.3 Å². The van der Waals surface area contributed by atoms with Crippen LogP contribution in [-0.4, -0.2) is 0 Å². The van der Waals surface area contributed by atoms with Gasteiger partial charge in [-0.15, -0.1) is 11.3 Å². The summed E-state index contributed by atoms with van der Waals surface area (Å²) < 4.78 is 0. The number of aryl methyl sites for hydroxylation is 2. The molecule has 0 aliphatic rings. The van der Waals surface area contributed by atoms with Crippen molar-refractivity contribution >= 4 is 11.3 Å². The second-order valence-electron chi connectivity index (χ2n) is 2.97. The molecule has 11 heavy (non-hydrogen) atoms. The molecule has 0 atom stereocenters. The Morgan fingerprint density at radius 3 is 2.64 bits per heavy atom. The summed E-state index contributed by atoms with van der Waals surface area (Å²) in [4.78, 5) is 2.99. The summed E-state index contributed by atoms with van der Waals surface area (Å²) in [7, 11) is 0. The van der Waals surface area contributed by atoms with Crippen LogP contribution in [0.2, 0.25) is 0 Å². The largest absolute Gasteiger partial charge is 0.146 e. The van der Waals surface area contributed by atoms with Crippen molar-refractivity contribution in [3.63, 3.8) is 0 Å². The lowest BCUT2D eigenvalue weighted by atomic mass is 10.2. The Hall–Kier alpha value is -0.300. The fourth-order valence-electron chi connectivity index (χ4n) is 1.17. The molecule has 62 valence electrons. The predicted molar refractivity (Wildman–Crippen MR) is 52.3 cm³/mol. The van der Waals surface area contributed by atoms with E-state index in [2.05, 4.69) is 26.0 Å². The summed E-state index contributed by atoms with van der Waals surface area (Å²) in [6.07, 6.45) is 5.34. The molecule has 0 fully saturated rings. The van der Waals surface area contributed by atoms with Gasteiger partial charge in [-0.2, -0.15) is 0 Å². The quantitative estimate of drug-likeness (QED) is 0.600. The van der Waals surface area contributed by atoms with Crippen LogP contribution >= 0.6 is 11.3 Å². The highest BCUT2D eigenvalue weighted by atomic mass is 32.1. The van der Waals surface area contributed by atoms with Crippen LogP contribution in [0.5, 0.6) is 0 Å². The van der Waals surface area contributed by atoms with Crippen molar-refractivity contribution in [3.05, 3.63) is 21.9 Å². The smallest absolute Gasteiger partial charge is 0.00480 e. The van der Waals surface area contributed by atoms with E-state index in [0.717, 1.165) is 0 Å². The van der Waals surface area contributed by atoms with Crippen molar-refractivity contribution in [1.29, 1.82) is 0 Å². The molecule has 0 saturated heterocycles. The van der Waals surface area contributed by atoms with Crippen LogP contribution in [0.25, 0.3) is 0 Å². The van der Waals surface area contributed by atoms with Gasteiger partial charge in [-0.1, -0.05) is 19.8 Å². The minimum atomic E-state index is 1.28. The SMILES string of the molecule is CCCCCc1ccc(C)s1. The summed E-state index contributed by atoms with van der Waals surface area (Å²) in [6, 6.07) is 4.47. The van der Waals surface area contributed by atoms with Gasteiger partial charge in [0.2, 0.25) is 0 Å². The summed E-state index contributed by atoms with van der Waals surface area (Å²) >= 11 is 1.94. The van der Waals surface area contributed by atoms with Crippen LogP contribution in [0.1, 0.15) is 35.9 Å². The molecule has 1 aromatic rings. The predicted octanol–water partition coefficient (Wildman–Crippen LogP) is 3.79. The Morgan fingerprint density at radius 2 is 2.09 bits per heavy atom. The standard InChI is InChI=1S/C10H16S/c1-3-4-5-6-10-8-7-9(2)11-10/h7-8H,3-6H2,1-2H3. The van der Waals surface area contributed by atoms with Crippen LogP contribution in [0.15, 0.2) is 12.1 Å². The van der Waals surface area contributed by atoms with Crippen LogP contribution in [0.3, 0.4) is 0 Å². The van der Waals surface area contributed by atoms with Gasteiger partial charge in [-0.05, 0) is 31.9 Å².